The molecule has 1 aromatic rings. The van der Waals surface area contributed by atoms with Crippen LogP contribution in [0.2, 0.25) is 0 Å². The minimum absolute atomic E-state index is 0.194. The number of hydrogen-bond donors (Lipinski definition) is 1. The van der Waals surface area contributed by atoms with E-state index in [4.69, 9.17) is 14.6 Å². The highest BCUT2D eigenvalue weighted by Gasteiger charge is 2.20. The van der Waals surface area contributed by atoms with Crippen molar-refractivity contribution in [2.45, 2.75) is 46.5 Å². The number of carboxylic acid groups (broad SMARTS) is 1. The quantitative estimate of drug-likeness (QED) is 0.630. The Morgan fingerprint density at radius 3 is 1.95 bits per heavy atom. The summed E-state index contributed by atoms with van der Waals surface area (Å²) in [7, 11) is 0. The first-order chi connectivity index (χ1) is 10.2. The minimum atomic E-state index is -1.02. The van der Waals surface area contributed by atoms with E-state index in [1.54, 1.807) is 0 Å². The Kier molecular flexibility index (Phi) is 6.40. The van der Waals surface area contributed by atoms with Crippen LogP contribution in [-0.2, 0) is 9.53 Å². The second-order valence-electron chi connectivity index (χ2n) is 5.98. The summed E-state index contributed by atoms with van der Waals surface area (Å²) in [5.74, 6) is -0.880. The van der Waals surface area contributed by atoms with E-state index in [-0.39, 0.29) is 18.4 Å². The molecule has 0 saturated carbocycles. The smallest absolute Gasteiger partial charge is 0.481 e. The van der Waals surface area contributed by atoms with Crippen LogP contribution in [0.25, 0.3) is 0 Å². The molecule has 1 rings (SSSR count). The fraction of sp³-hybridized carbons (Fsp3) is 0.529. The first-order valence-corrected chi connectivity index (χ1v) is 7.44. The molecule has 0 saturated heterocycles. The van der Waals surface area contributed by atoms with Gasteiger partial charge in [-0.05, 0) is 29.9 Å². The average Bonchev–Trinajstić information content (AvgIpc) is 2.44. The number of rotatable bonds is 6. The summed E-state index contributed by atoms with van der Waals surface area (Å²) in [6.45, 7) is 9.33. The Balaban J connectivity index is 2.91. The molecule has 5 nitrogen and oxygen atoms in total. The molecule has 0 aliphatic heterocycles. The molecule has 0 aliphatic rings. The standard InChI is InChI=1S/C17H24O5/c1-10(2)13-7-6-8-14(11(3)4)15(13)22-17(20)21-9-12(5)16(18)19/h6-8,10-12H,9H2,1-5H3,(H,18,19)/t12-/m0/s1. The average molecular weight is 308 g/mol. The van der Waals surface area contributed by atoms with Gasteiger partial charge in [0.15, 0.2) is 0 Å². The van der Waals surface area contributed by atoms with Crippen LogP contribution in [0.15, 0.2) is 18.2 Å². The van der Waals surface area contributed by atoms with Gasteiger partial charge in [-0.3, -0.25) is 4.79 Å². The van der Waals surface area contributed by atoms with E-state index in [2.05, 4.69) is 0 Å². The van der Waals surface area contributed by atoms with Crippen molar-refractivity contribution in [2.24, 2.45) is 5.92 Å². The fourth-order valence-electron chi connectivity index (χ4n) is 1.98. The van der Waals surface area contributed by atoms with Crippen LogP contribution in [0.3, 0.4) is 0 Å². The molecule has 0 bridgehead atoms. The fourth-order valence-corrected chi connectivity index (χ4v) is 1.98. The van der Waals surface area contributed by atoms with Gasteiger partial charge in [0.25, 0.3) is 0 Å². The Hall–Kier alpha value is -2.04. The lowest BCUT2D eigenvalue weighted by Crippen LogP contribution is -2.21. The zero-order chi connectivity index (χ0) is 16.9. The Morgan fingerprint density at radius 2 is 1.55 bits per heavy atom. The predicted molar refractivity (Wildman–Crippen MR) is 83.4 cm³/mol. The molecule has 0 amide bonds. The first-order valence-electron chi connectivity index (χ1n) is 7.44. The van der Waals surface area contributed by atoms with Gasteiger partial charge in [0.1, 0.15) is 12.4 Å². The van der Waals surface area contributed by atoms with Crippen molar-refractivity contribution in [1.29, 1.82) is 0 Å². The molecule has 0 radical (unpaired) electrons. The van der Waals surface area contributed by atoms with Crippen LogP contribution in [0.4, 0.5) is 4.79 Å². The summed E-state index contributed by atoms with van der Waals surface area (Å²) in [5.41, 5.74) is 1.85. The van der Waals surface area contributed by atoms with E-state index in [0.29, 0.717) is 5.75 Å². The molecule has 22 heavy (non-hydrogen) atoms. The van der Waals surface area contributed by atoms with Gasteiger partial charge in [-0.2, -0.15) is 0 Å². The van der Waals surface area contributed by atoms with Crippen molar-refractivity contribution in [1.82, 2.24) is 0 Å². The van der Waals surface area contributed by atoms with E-state index in [1.165, 1.54) is 6.92 Å². The van der Waals surface area contributed by atoms with Crippen molar-refractivity contribution < 1.29 is 24.2 Å². The molecule has 0 aliphatic carbocycles. The summed E-state index contributed by atoms with van der Waals surface area (Å²) >= 11 is 0. The lowest BCUT2D eigenvalue weighted by atomic mass is 9.94. The summed E-state index contributed by atoms with van der Waals surface area (Å²) < 4.78 is 10.3. The van der Waals surface area contributed by atoms with Gasteiger partial charge < -0.3 is 14.6 Å². The lowest BCUT2D eigenvalue weighted by molar-refractivity contribution is -0.142. The number of carbonyl (C=O) groups excluding carboxylic acids is 1. The highest BCUT2D eigenvalue weighted by atomic mass is 16.7. The van der Waals surface area contributed by atoms with Crippen LogP contribution < -0.4 is 4.74 Å². The normalized spacial score (nSPS) is 12.3. The van der Waals surface area contributed by atoms with Crippen LogP contribution in [0.1, 0.15) is 57.6 Å². The van der Waals surface area contributed by atoms with Crippen molar-refractivity contribution >= 4 is 12.1 Å². The SMILES string of the molecule is CC(C)c1cccc(C(C)C)c1OC(=O)OC[C@H](C)C(=O)O. The van der Waals surface area contributed by atoms with Gasteiger partial charge in [0, 0.05) is 0 Å². The van der Waals surface area contributed by atoms with Gasteiger partial charge in [0.2, 0.25) is 0 Å². The maximum Gasteiger partial charge on any atom is 0.513 e. The number of carbonyl (C=O) groups is 2. The Bertz CT molecular complexity index is 508. The molecule has 1 aromatic carbocycles. The first kappa shape index (κ1) is 18.0. The van der Waals surface area contributed by atoms with Crippen LogP contribution in [-0.4, -0.2) is 23.8 Å². The molecule has 0 unspecified atom stereocenters. The maximum atomic E-state index is 11.9. The lowest BCUT2D eigenvalue weighted by Gasteiger charge is -2.18. The van der Waals surface area contributed by atoms with Gasteiger partial charge in [-0.1, -0.05) is 45.9 Å². The number of ether oxygens (including phenoxy) is 2. The summed E-state index contributed by atoms with van der Waals surface area (Å²) in [6, 6.07) is 5.77. The third-order valence-corrected chi connectivity index (χ3v) is 3.38. The van der Waals surface area contributed by atoms with Crippen LogP contribution >= 0.6 is 0 Å². The van der Waals surface area contributed by atoms with Crippen molar-refractivity contribution in [2.75, 3.05) is 6.61 Å². The number of benzene rings is 1. The number of hydrogen-bond acceptors (Lipinski definition) is 4. The van der Waals surface area contributed by atoms with Crippen molar-refractivity contribution in [3.8, 4) is 5.75 Å². The minimum Gasteiger partial charge on any atom is -0.481 e. The molecule has 0 heterocycles. The Labute approximate surface area is 131 Å². The van der Waals surface area contributed by atoms with Gasteiger partial charge in [0.05, 0.1) is 5.92 Å². The van der Waals surface area contributed by atoms with Crippen molar-refractivity contribution in [3.63, 3.8) is 0 Å². The molecule has 5 heteroatoms. The molecule has 0 fully saturated rings. The van der Waals surface area contributed by atoms with E-state index in [1.807, 2.05) is 45.9 Å². The number of para-hydroxylation sites is 1. The summed E-state index contributed by atoms with van der Waals surface area (Å²) in [4.78, 5) is 22.6. The van der Waals surface area contributed by atoms with Crippen LogP contribution in [0, 0.1) is 5.92 Å². The van der Waals surface area contributed by atoms with Gasteiger partial charge in [-0.25, -0.2) is 4.79 Å². The summed E-state index contributed by atoms with van der Waals surface area (Å²) in [6.07, 6.45) is -0.872. The van der Waals surface area contributed by atoms with E-state index in [9.17, 15) is 9.59 Å². The Morgan fingerprint density at radius 1 is 1.05 bits per heavy atom. The monoisotopic (exact) mass is 308 g/mol. The predicted octanol–water partition coefficient (Wildman–Crippen LogP) is 4.17. The zero-order valence-electron chi connectivity index (χ0n) is 13.8. The van der Waals surface area contributed by atoms with E-state index < -0.39 is 18.0 Å². The van der Waals surface area contributed by atoms with E-state index >= 15 is 0 Å². The maximum absolute atomic E-state index is 11.9. The number of carboxylic acids is 1. The van der Waals surface area contributed by atoms with Gasteiger partial charge in [-0.15, -0.1) is 0 Å². The van der Waals surface area contributed by atoms with Gasteiger partial charge >= 0.3 is 12.1 Å². The molecular formula is C17H24O5. The molecule has 0 spiro atoms. The molecule has 0 aromatic heterocycles. The largest absolute Gasteiger partial charge is 0.513 e. The third kappa shape index (κ3) is 4.76. The second kappa shape index (κ2) is 7.82. The zero-order valence-corrected chi connectivity index (χ0v) is 13.8. The second-order valence-corrected chi connectivity index (χ2v) is 5.98. The molecule has 122 valence electrons. The molecule has 1 atom stereocenters. The third-order valence-electron chi connectivity index (χ3n) is 3.38. The highest BCUT2D eigenvalue weighted by molar-refractivity contribution is 5.70. The highest BCUT2D eigenvalue weighted by Crippen LogP contribution is 2.34. The molecular weight excluding hydrogens is 284 g/mol. The van der Waals surface area contributed by atoms with Crippen LogP contribution in [0.5, 0.6) is 5.75 Å². The van der Waals surface area contributed by atoms with Crippen molar-refractivity contribution in [3.05, 3.63) is 29.3 Å². The number of aliphatic carboxylic acids is 1. The summed E-state index contributed by atoms with van der Waals surface area (Å²) in [5, 5.41) is 8.79. The molecule has 1 N–H and O–H groups in total. The van der Waals surface area contributed by atoms with E-state index in [0.717, 1.165) is 11.1 Å². The topological polar surface area (TPSA) is 72.8 Å².